The molecule has 6 nitrogen and oxygen atoms in total. The zero-order valence-electron chi connectivity index (χ0n) is 15.7. The number of hydrogen-bond acceptors (Lipinski definition) is 6. The van der Waals surface area contributed by atoms with E-state index >= 15 is 0 Å². The van der Waals surface area contributed by atoms with Crippen molar-refractivity contribution in [2.24, 2.45) is 0 Å². The van der Waals surface area contributed by atoms with Crippen LogP contribution < -0.4 is 15.5 Å². The van der Waals surface area contributed by atoms with Gasteiger partial charge in [0.2, 0.25) is 17.8 Å². The van der Waals surface area contributed by atoms with Crippen molar-refractivity contribution < 1.29 is 0 Å². The lowest BCUT2D eigenvalue weighted by Crippen LogP contribution is -2.21. The van der Waals surface area contributed by atoms with Crippen LogP contribution >= 0.6 is 0 Å². The Kier molecular flexibility index (Phi) is 4.87. The maximum atomic E-state index is 4.65. The van der Waals surface area contributed by atoms with Gasteiger partial charge in [-0.15, -0.1) is 0 Å². The Morgan fingerprint density at radius 1 is 0.741 bits per heavy atom. The molecule has 0 saturated carbocycles. The van der Waals surface area contributed by atoms with Crippen LogP contribution in [0.2, 0.25) is 0 Å². The number of rotatable bonds is 5. The highest BCUT2D eigenvalue weighted by Crippen LogP contribution is 2.23. The second-order valence-electron chi connectivity index (χ2n) is 6.97. The van der Waals surface area contributed by atoms with Crippen molar-refractivity contribution in [1.29, 1.82) is 0 Å². The first-order valence-electron chi connectivity index (χ1n) is 9.34. The summed E-state index contributed by atoms with van der Waals surface area (Å²) in [6.07, 6.45) is 2.35. The predicted molar refractivity (Wildman–Crippen MR) is 110 cm³/mol. The Labute approximate surface area is 159 Å². The molecule has 0 aliphatic carbocycles. The number of aryl methyl sites for hydroxylation is 2. The topological polar surface area (TPSA) is 66.0 Å². The number of anilines is 5. The molecule has 1 aliphatic heterocycles. The van der Waals surface area contributed by atoms with Gasteiger partial charge in [-0.3, -0.25) is 0 Å². The summed E-state index contributed by atoms with van der Waals surface area (Å²) >= 11 is 0. The third-order valence-electron chi connectivity index (χ3n) is 4.56. The summed E-state index contributed by atoms with van der Waals surface area (Å²) in [6, 6.07) is 16.4. The molecule has 0 spiro atoms. The second kappa shape index (κ2) is 7.61. The number of nitrogens with zero attached hydrogens (tertiary/aromatic N) is 4. The molecular weight excluding hydrogens is 336 g/mol. The Bertz CT molecular complexity index is 868. The SMILES string of the molecule is Cc1cccc(Nc2nc(Nc3cccc(C)c3)nc(N3CCCC3)n2)c1. The standard InChI is InChI=1S/C21H24N6/c1-15-7-5-9-17(13-15)22-19-24-20(23-18-10-6-8-16(2)14-18)26-21(25-19)27-11-3-4-12-27/h5-10,13-14H,3-4,11-12H2,1-2H3,(H2,22,23,24,25,26). The number of hydrogen-bond donors (Lipinski definition) is 2. The van der Waals surface area contributed by atoms with Crippen LogP contribution in [-0.4, -0.2) is 28.0 Å². The van der Waals surface area contributed by atoms with Crippen molar-refractivity contribution in [3.05, 3.63) is 59.7 Å². The monoisotopic (exact) mass is 360 g/mol. The van der Waals surface area contributed by atoms with Gasteiger partial charge < -0.3 is 15.5 Å². The Morgan fingerprint density at radius 2 is 1.26 bits per heavy atom. The summed E-state index contributed by atoms with van der Waals surface area (Å²) in [4.78, 5) is 16.1. The molecule has 0 atom stereocenters. The molecule has 2 N–H and O–H groups in total. The van der Waals surface area contributed by atoms with E-state index in [0.717, 1.165) is 24.5 Å². The largest absolute Gasteiger partial charge is 0.341 e. The molecule has 0 radical (unpaired) electrons. The molecule has 3 aromatic rings. The smallest absolute Gasteiger partial charge is 0.233 e. The predicted octanol–water partition coefficient (Wildman–Crippen LogP) is 4.58. The zero-order chi connectivity index (χ0) is 18.6. The van der Waals surface area contributed by atoms with Gasteiger partial charge in [-0.05, 0) is 62.1 Å². The third-order valence-corrected chi connectivity index (χ3v) is 4.56. The van der Waals surface area contributed by atoms with Crippen LogP contribution in [0.15, 0.2) is 48.5 Å². The van der Waals surface area contributed by atoms with E-state index < -0.39 is 0 Å². The molecule has 0 unspecified atom stereocenters. The molecule has 0 bridgehead atoms. The Balaban J connectivity index is 1.66. The maximum absolute atomic E-state index is 4.65. The molecule has 138 valence electrons. The molecule has 27 heavy (non-hydrogen) atoms. The average Bonchev–Trinajstić information content (AvgIpc) is 3.16. The first-order chi connectivity index (χ1) is 13.2. The lowest BCUT2D eigenvalue weighted by molar-refractivity contribution is 0.886. The van der Waals surface area contributed by atoms with Crippen LogP contribution in [0.5, 0.6) is 0 Å². The molecule has 0 amide bonds. The quantitative estimate of drug-likeness (QED) is 0.694. The fraction of sp³-hybridized carbons (Fsp3) is 0.286. The maximum Gasteiger partial charge on any atom is 0.233 e. The van der Waals surface area contributed by atoms with Crippen molar-refractivity contribution in [2.75, 3.05) is 28.6 Å². The van der Waals surface area contributed by atoms with Gasteiger partial charge in [-0.2, -0.15) is 15.0 Å². The van der Waals surface area contributed by atoms with Gasteiger partial charge in [-0.25, -0.2) is 0 Å². The van der Waals surface area contributed by atoms with Crippen molar-refractivity contribution in [3.63, 3.8) is 0 Å². The minimum atomic E-state index is 0.549. The van der Waals surface area contributed by atoms with Crippen molar-refractivity contribution in [2.45, 2.75) is 26.7 Å². The third kappa shape index (κ3) is 4.34. The lowest BCUT2D eigenvalue weighted by Gasteiger charge is -2.17. The lowest BCUT2D eigenvalue weighted by atomic mass is 10.2. The van der Waals surface area contributed by atoms with E-state index in [2.05, 4.69) is 68.6 Å². The van der Waals surface area contributed by atoms with Gasteiger partial charge in [0.15, 0.2) is 0 Å². The van der Waals surface area contributed by atoms with Crippen LogP contribution in [0.3, 0.4) is 0 Å². The van der Waals surface area contributed by atoms with E-state index in [1.54, 1.807) is 0 Å². The van der Waals surface area contributed by atoms with E-state index in [1.165, 1.54) is 24.0 Å². The van der Waals surface area contributed by atoms with Gasteiger partial charge in [-0.1, -0.05) is 24.3 Å². The van der Waals surface area contributed by atoms with Gasteiger partial charge in [0.1, 0.15) is 0 Å². The summed E-state index contributed by atoms with van der Waals surface area (Å²) in [5.41, 5.74) is 4.31. The molecule has 4 rings (SSSR count). The molecule has 6 heteroatoms. The fourth-order valence-corrected chi connectivity index (χ4v) is 3.24. The highest BCUT2D eigenvalue weighted by atomic mass is 15.3. The Morgan fingerprint density at radius 3 is 1.74 bits per heavy atom. The fourth-order valence-electron chi connectivity index (χ4n) is 3.24. The zero-order valence-corrected chi connectivity index (χ0v) is 15.7. The van der Waals surface area contributed by atoms with Gasteiger partial charge in [0.05, 0.1) is 0 Å². The number of nitrogens with one attached hydrogen (secondary N) is 2. The molecule has 1 aromatic heterocycles. The molecule has 2 aromatic carbocycles. The van der Waals surface area contributed by atoms with E-state index in [0.29, 0.717) is 17.8 Å². The van der Waals surface area contributed by atoms with Crippen LogP contribution in [0.4, 0.5) is 29.2 Å². The summed E-state index contributed by atoms with van der Waals surface area (Å²) in [5, 5.41) is 6.63. The summed E-state index contributed by atoms with van der Waals surface area (Å²) in [5.74, 6) is 1.81. The average molecular weight is 360 g/mol. The van der Waals surface area contributed by atoms with Crippen LogP contribution in [0.25, 0.3) is 0 Å². The molecule has 1 fully saturated rings. The van der Waals surface area contributed by atoms with Crippen LogP contribution in [0, 0.1) is 13.8 Å². The minimum absolute atomic E-state index is 0.549. The van der Waals surface area contributed by atoms with E-state index in [9.17, 15) is 0 Å². The van der Waals surface area contributed by atoms with E-state index in [4.69, 9.17) is 0 Å². The molecule has 1 aliphatic rings. The van der Waals surface area contributed by atoms with Gasteiger partial charge >= 0.3 is 0 Å². The van der Waals surface area contributed by atoms with Crippen LogP contribution in [-0.2, 0) is 0 Å². The highest BCUT2D eigenvalue weighted by molar-refractivity contribution is 5.60. The normalized spacial score (nSPS) is 13.6. The Hall–Kier alpha value is -3.15. The summed E-state index contributed by atoms with van der Waals surface area (Å²) in [7, 11) is 0. The second-order valence-corrected chi connectivity index (χ2v) is 6.97. The summed E-state index contributed by atoms with van der Waals surface area (Å²) in [6.45, 7) is 6.10. The van der Waals surface area contributed by atoms with Gasteiger partial charge in [0, 0.05) is 24.5 Å². The number of benzene rings is 2. The molecule has 2 heterocycles. The van der Waals surface area contributed by atoms with Crippen LogP contribution in [0.1, 0.15) is 24.0 Å². The number of aromatic nitrogens is 3. The van der Waals surface area contributed by atoms with E-state index in [-0.39, 0.29) is 0 Å². The van der Waals surface area contributed by atoms with Crippen molar-refractivity contribution in [1.82, 2.24) is 15.0 Å². The first kappa shape index (κ1) is 17.3. The minimum Gasteiger partial charge on any atom is -0.341 e. The molecular formula is C21H24N6. The highest BCUT2D eigenvalue weighted by Gasteiger charge is 2.17. The first-order valence-corrected chi connectivity index (χ1v) is 9.34. The van der Waals surface area contributed by atoms with Crippen molar-refractivity contribution >= 4 is 29.2 Å². The van der Waals surface area contributed by atoms with Crippen molar-refractivity contribution in [3.8, 4) is 0 Å². The molecule has 1 saturated heterocycles. The van der Waals surface area contributed by atoms with E-state index in [1.807, 2.05) is 24.3 Å². The van der Waals surface area contributed by atoms with Gasteiger partial charge in [0.25, 0.3) is 0 Å². The summed E-state index contributed by atoms with van der Waals surface area (Å²) < 4.78 is 0.